The summed E-state index contributed by atoms with van der Waals surface area (Å²) in [6.07, 6.45) is 0. The molecule has 68 valence electrons. The molecule has 0 aliphatic carbocycles. The number of aliphatic hydroxyl groups excluding tert-OH is 2. The summed E-state index contributed by atoms with van der Waals surface area (Å²) in [4.78, 5) is 20.5. The maximum absolute atomic E-state index is 10.5. The van der Waals surface area contributed by atoms with Gasteiger partial charge in [0.05, 0.1) is 6.61 Å². The molecule has 0 atom stereocenters. The zero-order valence-electron chi connectivity index (χ0n) is 6.27. The minimum atomic E-state index is -1.79. The van der Waals surface area contributed by atoms with Crippen LogP contribution in [0, 0.1) is 0 Å². The fourth-order valence-corrected chi connectivity index (χ4v) is 0.397. The van der Waals surface area contributed by atoms with E-state index in [0.717, 1.165) is 0 Å². The number of hydrogen-bond acceptors (Lipinski definition) is 5. The predicted octanol–water partition coefficient (Wildman–Crippen LogP) is -0.0383. The van der Waals surface area contributed by atoms with Crippen LogP contribution in [0.5, 0.6) is 0 Å². The third-order valence-corrected chi connectivity index (χ3v) is 0.896. The van der Waals surface area contributed by atoms with Crippen molar-refractivity contribution in [2.75, 3.05) is 6.61 Å². The maximum Gasteiger partial charge on any atom is 0.377 e. The van der Waals surface area contributed by atoms with Crippen molar-refractivity contribution in [3.8, 4) is 0 Å². The standard InChI is InChI=1S/C6H8O6/c1-2-12-6(11)4(8)3(7)5(9)10/h7-8H,2H2,1H3,(H,9,10)/b4-3-. The highest BCUT2D eigenvalue weighted by molar-refractivity contribution is 5.95. The van der Waals surface area contributed by atoms with Crippen molar-refractivity contribution in [1.29, 1.82) is 0 Å². The average Bonchev–Trinajstić information content (AvgIpc) is 2.02. The lowest BCUT2D eigenvalue weighted by atomic mass is 10.4. The fraction of sp³-hybridized carbons (Fsp3) is 0.333. The van der Waals surface area contributed by atoms with Crippen molar-refractivity contribution in [1.82, 2.24) is 0 Å². The fourth-order valence-electron chi connectivity index (χ4n) is 0.397. The molecule has 0 heterocycles. The van der Waals surface area contributed by atoms with Gasteiger partial charge >= 0.3 is 11.9 Å². The van der Waals surface area contributed by atoms with Gasteiger partial charge in [0.25, 0.3) is 11.5 Å². The summed E-state index contributed by atoms with van der Waals surface area (Å²) in [7, 11) is 0. The molecule has 0 aliphatic rings. The van der Waals surface area contributed by atoms with E-state index in [9.17, 15) is 9.59 Å². The lowest BCUT2D eigenvalue weighted by Crippen LogP contribution is -2.13. The zero-order valence-corrected chi connectivity index (χ0v) is 6.27. The third kappa shape index (κ3) is 2.49. The highest BCUT2D eigenvalue weighted by Gasteiger charge is 2.19. The van der Waals surface area contributed by atoms with Crippen molar-refractivity contribution in [3.63, 3.8) is 0 Å². The number of rotatable bonds is 3. The average molecular weight is 176 g/mol. The molecule has 0 radical (unpaired) electrons. The maximum atomic E-state index is 10.5. The Bertz CT molecular complexity index is 228. The molecule has 0 aromatic heterocycles. The second-order valence-corrected chi connectivity index (χ2v) is 1.72. The van der Waals surface area contributed by atoms with Crippen molar-refractivity contribution in [2.45, 2.75) is 6.92 Å². The molecular weight excluding hydrogens is 168 g/mol. The van der Waals surface area contributed by atoms with Gasteiger partial charge in [-0.1, -0.05) is 0 Å². The molecule has 0 aromatic rings. The summed E-state index contributed by atoms with van der Waals surface area (Å²) >= 11 is 0. The molecule has 6 nitrogen and oxygen atoms in total. The molecule has 12 heavy (non-hydrogen) atoms. The second-order valence-electron chi connectivity index (χ2n) is 1.72. The Hall–Kier alpha value is -1.72. The first-order valence-corrected chi connectivity index (χ1v) is 3.03. The van der Waals surface area contributed by atoms with E-state index in [1.165, 1.54) is 6.92 Å². The zero-order chi connectivity index (χ0) is 9.72. The smallest absolute Gasteiger partial charge is 0.377 e. The number of carboxylic acid groups (broad SMARTS) is 1. The minimum absolute atomic E-state index is 0.0181. The molecule has 0 fully saturated rings. The number of carbonyl (C=O) groups excluding carboxylic acids is 1. The molecule has 0 saturated carbocycles. The molecule has 0 unspecified atom stereocenters. The molecule has 0 aromatic carbocycles. The van der Waals surface area contributed by atoms with Crippen LogP contribution in [0.1, 0.15) is 6.92 Å². The number of ether oxygens (including phenoxy) is 1. The van der Waals surface area contributed by atoms with E-state index in [1.54, 1.807) is 0 Å². The number of hydrogen-bond donors (Lipinski definition) is 3. The monoisotopic (exact) mass is 176 g/mol. The van der Waals surface area contributed by atoms with Crippen LogP contribution in [0.25, 0.3) is 0 Å². The van der Waals surface area contributed by atoms with E-state index in [2.05, 4.69) is 4.74 Å². The molecule has 3 N–H and O–H groups in total. The van der Waals surface area contributed by atoms with Gasteiger partial charge in [0.15, 0.2) is 0 Å². The first-order chi connectivity index (χ1) is 5.50. The molecule has 0 rings (SSSR count). The number of esters is 1. The first kappa shape index (κ1) is 10.3. The van der Waals surface area contributed by atoms with Gasteiger partial charge in [0.2, 0.25) is 0 Å². The Labute approximate surface area is 67.7 Å². The van der Waals surface area contributed by atoms with E-state index in [0.29, 0.717) is 0 Å². The van der Waals surface area contributed by atoms with Crippen molar-refractivity contribution < 1.29 is 29.6 Å². The Balaban J connectivity index is 4.55. The lowest BCUT2D eigenvalue weighted by molar-refractivity contribution is -0.144. The molecule has 0 amide bonds. The number of aliphatic carboxylic acids is 1. The van der Waals surface area contributed by atoms with Crippen molar-refractivity contribution in [2.24, 2.45) is 0 Å². The Morgan fingerprint density at radius 1 is 1.17 bits per heavy atom. The van der Waals surface area contributed by atoms with E-state index >= 15 is 0 Å². The lowest BCUT2D eigenvalue weighted by Gasteiger charge is -2.00. The topological polar surface area (TPSA) is 104 Å². The largest absolute Gasteiger partial charge is 0.499 e. The molecular formula is C6H8O6. The van der Waals surface area contributed by atoms with Crippen LogP contribution in [0.4, 0.5) is 0 Å². The van der Waals surface area contributed by atoms with Crippen molar-refractivity contribution in [3.05, 3.63) is 11.5 Å². The van der Waals surface area contributed by atoms with Crippen LogP contribution in [-0.4, -0.2) is 33.9 Å². The van der Waals surface area contributed by atoms with Gasteiger partial charge in [-0.15, -0.1) is 0 Å². The van der Waals surface area contributed by atoms with Gasteiger partial charge in [-0.05, 0) is 6.92 Å². The van der Waals surface area contributed by atoms with E-state index in [4.69, 9.17) is 15.3 Å². The first-order valence-electron chi connectivity index (χ1n) is 3.03. The summed E-state index contributed by atoms with van der Waals surface area (Å²) in [5, 5.41) is 25.3. The quantitative estimate of drug-likeness (QED) is 0.316. The third-order valence-electron chi connectivity index (χ3n) is 0.896. The number of carbonyl (C=O) groups is 2. The summed E-state index contributed by atoms with van der Waals surface area (Å²) < 4.78 is 4.20. The molecule has 0 spiro atoms. The molecule has 0 aliphatic heterocycles. The van der Waals surface area contributed by atoms with Gasteiger partial charge in [0, 0.05) is 0 Å². The van der Waals surface area contributed by atoms with Crippen molar-refractivity contribution >= 4 is 11.9 Å². The van der Waals surface area contributed by atoms with Gasteiger partial charge < -0.3 is 20.1 Å². The van der Waals surface area contributed by atoms with Crippen LogP contribution in [0.3, 0.4) is 0 Å². The predicted molar refractivity (Wildman–Crippen MR) is 36.6 cm³/mol. The van der Waals surface area contributed by atoms with Gasteiger partial charge in [0.1, 0.15) is 0 Å². The summed E-state index contributed by atoms with van der Waals surface area (Å²) in [5.74, 6) is -5.78. The second kappa shape index (κ2) is 4.22. The van der Waals surface area contributed by atoms with Crippen LogP contribution in [0.2, 0.25) is 0 Å². The van der Waals surface area contributed by atoms with E-state index < -0.39 is 23.5 Å². The van der Waals surface area contributed by atoms with Gasteiger partial charge in [-0.2, -0.15) is 0 Å². The molecule has 0 bridgehead atoms. The van der Waals surface area contributed by atoms with Crippen LogP contribution < -0.4 is 0 Å². The minimum Gasteiger partial charge on any atom is -0.499 e. The summed E-state index contributed by atoms with van der Waals surface area (Å²) in [6, 6.07) is 0. The Kier molecular flexibility index (Phi) is 3.61. The number of aliphatic hydroxyl groups is 2. The summed E-state index contributed by atoms with van der Waals surface area (Å²) in [5.41, 5.74) is 0. The van der Waals surface area contributed by atoms with E-state index in [1.807, 2.05) is 0 Å². The van der Waals surface area contributed by atoms with Gasteiger partial charge in [-0.3, -0.25) is 0 Å². The molecule has 0 saturated heterocycles. The molecule has 6 heteroatoms. The highest BCUT2D eigenvalue weighted by atomic mass is 16.5. The van der Waals surface area contributed by atoms with Crippen LogP contribution in [-0.2, 0) is 14.3 Å². The van der Waals surface area contributed by atoms with Crippen LogP contribution >= 0.6 is 0 Å². The normalized spacial score (nSPS) is 11.8. The van der Waals surface area contributed by atoms with Crippen LogP contribution in [0.15, 0.2) is 11.5 Å². The Morgan fingerprint density at radius 2 is 1.67 bits per heavy atom. The Morgan fingerprint density at radius 3 is 2.00 bits per heavy atom. The number of carboxylic acids is 1. The summed E-state index contributed by atoms with van der Waals surface area (Å²) in [6.45, 7) is 1.46. The highest BCUT2D eigenvalue weighted by Crippen LogP contribution is 1.99. The van der Waals surface area contributed by atoms with Gasteiger partial charge in [-0.25, -0.2) is 9.59 Å². The van der Waals surface area contributed by atoms with E-state index in [-0.39, 0.29) is 6.61 Å². The SMILES string of the molecule is CCOC(=O)/C(O)=C(/O)C(=O)O.